The molecule has 0 atom stereocenters. The first-order valence-electron chi connectivity index (χ1n) is 6.92. The lowest BCUT2D eigenvalue weighted by atomic mass is 10.2. The summed E-state index contributed by atoms with van der Waals surface area (Å²) in [6.07, 6.45) is 3.01. The summed E-state index contributed by atoms with van der Waals surface area (Å²) in [7, 11) is 0. The lowest BCUT2D eigenvalue weighted by Crippen LogP contribution is -2.28. The van der Waals surface area contributed by atoms with E-state index in [0.29, 0.717) is 16.9 Å². The molecule has 3 aromatic rings. The first kappa shape index (κ1) is 15.2. The van der Waals surface area contributed by atoms with Crippen LogP contribution < -0.4 is 16.6 Å². The number of nitrogens with zero attached hydrogens (tertiary/aromatic N) is 2. The van der Waals surface area contributed by atoms with Crippen molar-refractivity contribution in [1.82, 2.24) is 14.5 Å². The van der Waals surface area contributed by atoms with Gasteiger partial charge in [-0.2, -0.15) is 0 Å². The molecule has 0 bridgehead atoms. The van der Waals surface area contributed by atoms with Crippen molar-refractivity contribution in [1.29, 1.82) is 0 Å². The molecule has 0 saturated heterocycles. The molecule has 120 valence electrons. The van der Waals surface area contributed by atoms with Crippen LogP contribution in [0.5, 0.6) is 5.88 Å². The highest BCUT2D eigenvalue weighted by Crippen LogP contribution is 2.17. The number of hydrogen-bond donors (Lipinski definition) is 3. The average Bonchev–Trinajstić information content (AvgIpc) is 2.55. The molecule has 1 amide bonds. The largest absolute Gasteiger partial charge is 0.494 e. The Labute approximate surface area is 135 Å². The van der Waals surface area contributed by atoms with E-state index in [-0.39, 0.29) is 5.91 Å². The Balaban J connectivity index is 1.95. The number of anilines is 1. The number of aromatic amines is 1. The molecule has 0 aliphatic rings. The van der Waals surface area contributed by atoms with Crippen LogP contribution in [0.15, 0.2) is 64.4 Å². The average molecular weight is 324 g/mol. The highest BCUT2D eigenvalue weighted by Gasteiger charge is 2.10. The molecule has 0 radical (unpaired) electrons. The summed E-state index contributed by atoms with van der Waals surface area (Å²) in [4.78, 5) is 41.1. The quantitative estimate of drug-likeness (QED) is 0.661. The molecule has 0 aliphatic carbocycles. The Kier molecular flexibility index (Phi) is 3.94. The van der Waals surface area contributed by atoms with Crippen LogP contribution in [0.2, 0.25) is 0 Å². The van der Waals surface area contributed by atoms with Crippen molar-refractivity contribution < 1.29 is 9.90 Å². The van der Waals surface area contributed by atoms with Gasteiger partial charge in [0.2, 0.25) is 5.88 Å². The minimum atomic E-state index is -0.780. The zero-order valence-electron chi connectivity index (χ0n) is 12.3. The van der Waals surface area contributed by atoms with E-state index in [1.54, 1.807) is 30.3 Å². The maximum atomic E-state index is 12.1. The second-order valence-electron chi connectivity index (χ2n) is 4.87. The van der Waals surface area contributed by atoms with Crippen molar-refractivity contribution >= 4 is 11.6 Å². The fourth-order valence-electron chi connectivity index (χ4n) is 2.16. The van der Waals surface area contributed by atoms with Gasteiger partial charge in [-0.3, -0.25) is 19.6 Å². The first-order chi connectivity index (χ1) is 11.5. The van der Waals surface area contributed by atoms with Gasteiger partial charge in [0.1, 0.15) is 0 Å². The molecule has 0 spiro atoms. The van der Waals surface area contributed by atoms with Crippen molar-refractivity contribution in [3.05, 3.63) is 81.3 Å². The first-order valence-corrected chi connectivity index (χ1v) is 6.92. The minimum Gasteiger partial charge on any atom is -0.494 e. The van der Waals surface area contributed by atoms with E-state index in [2.05, 4.69) is 15.3 Å². The van der Waals surface area contributed by atoms with E-state index in [0.717, 1.165) is 10.6 Å². The topological polar surface area (TPSA) is 117 Å². The predicted octanol–water partition coefficient (Wildman–Crippen LogP) is 0.879. The van der Waals surface area contributed by atoms with E-state index in [9.17, 15) is 19.5 Å². The summed E-state index contributed by atoms with van der Waals surface area (Å²) < 4.78 is 0.920. The van der Waals surface area contributed by atoms with Crippen LogP contribution in [0.3, 0.4) is 0 Å². The third kappa shape index (κ3) is 3.07. The van der Waals surface area contributed by atoms with Crippen LogP contribution in [0.4, 0.5) is 5.69 Å². The zero-order chi connectivity index (χ0) is 17.1. The molecular formula is C16H12N4O4. The number of pyridine rings is 1. The zero-order valence-corrected chi connectivity index (χ0v) is 12.3. The smallest absolute Gasteiger partial charge is 0.335 e. The number of carbonyl (C=O) groups is 1. The number of aromatic nitrogens is 3. The van der Waals surface area contributed by atoms with Gasteiger partial charge in [0, 0.05) is 23.6 Å². The van der Waals surface area contributed by atoms with E-state index in [1.165, 1.54) is 18.5 Å². The predicted molar refractivity (Wildman–Crippen MR) is 86.5 cm³/mol. The molecule has 8 nitrogen and oxygen atoms in total. The van der Waals surface area contributed by atoms with Gasteiger partial charge in [0.15, 0.2) is 0 Å². The van der Waals surface area contributed by atoms with Crippen molar-refractivity contribution in [2.45, 2.75) is 0 Å². The lowest BCUT2D eigenvalue weighted by molar-refractivity contribution is 0.102. The Morgan fingerprint density at radius 2 is 1.88 bits per heavy atom. The van der Waals surface area contributed by atoms with Gasteiger partial charge in [-0.05, 0) is 30.3 Å². The number of rotatable bonds is 3. The summed E-state index contributed by atoms with van der Waals surface area (Å²) in [6.45, 7) is 0. The lowest BCUT2D eigenvalue weighted by Gasteiger charge is -2.10. The highest BCUT2D eigenvalue weighted by molar-refractivity contribution is 6.04. The molecule has 0 fully saturated rings. The normalized spacial score (nSPS) is 10.3. The Morgan fingerprint density at radius 1 is 1.12 bits per heavy atom. The van der Waals surface area contributed by atoms with E-state index in [4.69, 9.17) is 0 Å². The maximum Gasteiger partial charge on any atom is 0.335 e. The van der Waals surface area contributed by atoms with Crippen molar-refractivity contribution in [3.63, 3.8) is 0 Å². The fourth-order valence-corrected chi connectivity index (χ4v) is 2.16. The number of hydrogen-bond acceptors (Lipinski definition) is 5. The molecular weight excluding hydrogens is 312 g/mol. The molecule has 0 saturated carbocycles. The van der Waals surface area contributed by atoms with Gasteiger partial charge < -0.3 is 10.4 Å². The van der Waals surface area contributed by atoms with E-state index < -0.39 is 17.1 Å². The van der Waals surface area contributed by atoms with E-state index >= 15 is 0 Å². The van der Waals surface area contributed by atoms with Gasteiger partial charge in [-0.25, -0.2) is 9.36 Å². The van der Waals surface area contributed by atoms with Crippen molar-refractivity contribution in [2.24, 2.45) is 0 Å². The van der Waals surface area contributed by atoms with Gasteiger partial charge in [-0.15, -0.1) is 0 Å². The van der Waals surface area contributed by atoms with Crippen LogP contribution in [0.25, 0.3) is 5.69 Å². The number of aromatic hydroxyl groups is 1. The van der Waals surface area contributed by atoms with Crippen LogP contribution >= 0.6 is 0 Å². The van der Waals surface area contributed by atoms with Crippen LogP contribution in [0.1, 0.15) is 10.4 Å². The summed E-state index contributed by atoms with van der Waals surface area (Å²) >= 11 is 0. The van der Waals surface area contributed by atoms with Crippen LogP contribution in [-0.2, 0) is 0 Å². The Hall–Kier alpha value is -3.68. The molecule has 8 heteroatoms. The summed E-state index contributed by atoms with van der Waals surface area (Å²) in [5, 5.41) is 12.5. The molecule has 24 heavy (non-hydrogen) atoms. The monoisotopic (exact) mass is 324 g/mol. The second kappa shape index (κ2) is 6.21. The van der Waals surface area contributed by atoms with Crippen molar-refractivity contribution in [3.8, 4) is 11.6 Å². The SMILES string of the molecule is O=C(Nc1cccc(-n2c(O)cc(=O)[nH]c2=O)c1)c1ccncc1. The van der Waals surface area contributed by atoms with E-state index in [1.807, 2.05) is 0 Å². The Bertz CT molecular complexity index is 1010. The number of amides is 1. The number of H-pyrrole nitrogens is 1. The second-order valence-corrected chi connectivity index (χ2v) is 4.87. The third-order valence-corrected chi connectivity index (χ3v) is 3.23. The summed E-state index contributed by atoms with van der Waals surface area (Å²) in [6, 6.07) is 10.3. The summed E-state index contributed by atoms with van der Waals surface area (Å²) in [5.41, 5.74) is -0.332. The highest BCUT2D eigenvalue weighted by atomic mass is 16.3. The molecule has 2 heterocycles. The van der Waals surface area contributed by atoms with Gasteiger partial charge in [0.05, 0.1) is 11.8 Å². The standard InChI is InChI=1S/C16H12N4O4/c21-13-9-14(22)20(16(24)19-13)12-3-1-2-11(8-12)18-15(23)10-4-6-17-7-5-10/h1-9,22H,(H,18,23)(H,19,21,24). The minimum absolute atomic E-state index is 0.293. The molecule has 3 rings (SSSR count). The Morgan fingerprint density at radius 3 is 2.58 bits per heavy atom. The van der Waals surface area contributed by atoms with Crippen LogP contribution in [-0.4, -0.2) is 25.5 Å². The number of nitrogens with one attached hydrogen (secondary N) is 2. The molecule has 2 aromatic heterocycles. The van der Waals surface area contributed by atoms with Gasteiger partial charge in [-0.1, -0.05) is 6.07 Å². The number of carbonyl (C=O) groups excluding carboxylic acids is 1. The molecule has 3 N–H and O–H groups in total. The molecule has 0 aliphatic heterocycles. The third-order valence-electron chi connectivity index (χ3n) is 3.23. The van der Waals surface area contributed by atoms with Gasteiger partial charge >= 0.3 is 5.69 Å². The van der Waals surface area contributed by atoms with Gasteiger partial charge in [0.25, 0.3) is 11.5 Å². The molecule has 1 aromatic carbocycles. The summed E-state index contributed by atoms with van der Waals surface area (Å²) in [5.74, 6) is -0.839. The number of benzene rings is 1. The van der Waals surface area contributed by atoms with Crippen LogP contribution in [0, 0.1) is 0 Å². The molecule has 0 unspecified atom stereocenters. The van der Waals surface area contributed by atoms with Crippen molar-refractivity contribution in [2.75, 3.05) is 5.32 Å². The fraction of sp³-hybridized carbons (Fsp3) is 0. The maximum absolute atomic E-state index is 12.1.